The van der Waals surface area contributed by atoms with Crippen molar-refractivity contribution in [1.82, 2.24) is 10.5 Å². The Hall–Kier alpha value is -3.46. The minimum absolute atomic E-state index is 0.264. The monoisotopic (exact) mass is 340 g/mol. The van der Waals surface area contributed by atoms with Gasteiger partial charge in [0.15, 0.2) is 23.2 Å². The number of nitrogens with zero attached hydrogens (tertiary/aromatic N) is 4. The van der Waals surface area contributed by atoms with E-state index in [-0.39, 0.29) is 5.96 Å². The molecule has 0 saturated heterocycles. The number of benzene rings is 1. The molecule has 2 aliphatic rings. The molecule has 0 saturated carbocycles. The Morgan fingerprint density at radius 2 is 1.96 bits per heavy atom. The zero-order chi connectivity index (χ0) is 17.4. The minimum atomic E-state index is 0.264. The Kier molecular flexibility index (Phi) is 3.55. The summed E-state index contributed by atoms with van der Waals surface area (Å²) in [4.78, 5) is 8.90. The highest BCUT2D eigenvalue weighted by molar-refractivity contribution is 6.08. The van der Waals surface area contributed by atoms with Gasteiger partial charge in [-0.1, -0.05) is 0 Å². The largest absolute Gasteiger partial charge is 0.493 e. The van der Waals surface area contributed by atoms with Crippen molar-refractivity contribution < 1.29 is 13.9 Å². The number of hydrazine groups is 2. The second-order valence-corrected chi connectivity index (χ2v) is 5.22. The zero-order valence-electron chi connectivity index (χ0n) is 13.6. The van der Waals surface area contributed by atoms with Crippen LogP contribution in [0, 0.1) is 0 Å². The molecule has 1 aromatic carbocycles. The fourth-order valence-corrected chi connectivity index (χ4v) is 2.52. The lowest BCUT2D eigenvalue weighted by Crippen LogP contribution is -2.48. The second-order valence-electron chi connectivity index (χ2n) is 5.22. The molecule has 25 heavy (non-hydrogen) atoms. The molecular weight excluding hydrogens is 324 g/mol. The van der Waals surface area contributed by atoms with E-state index >= 15 is 0 Å². The quantitative estimate of drug-likeness (QED) is 0.868. The molecule has 0 radical (unpaired) electrons. The number of furan rings is 1. The van der Waals surface area contributed by atoms with Crippen molar-refractivity contribution >= 4 is 17.7 Å². The van der Waals surface area contributed by atoms with Gasteiger partial charge < -0.3 is 19.6 Å². The second kappa shape index (κ2) is 5.87. The maximum absolute atomic E-state index is 6.07. The van der Waals surface area contributed by atoms with E-state index in [1.165, 1.54) is 0 Å². The number of methoxy groups -OCH3 is 2. The maximum Gasteiger partial charge on any atom is 0.220 e. The topological polar surface area (TPSA) is 101 Å². The first kappa shape index (κ1) is 15.1. The smallest absolute Gasteiger partial charge is 0.220 e. The highest BCUT2D eigenvalue weighted by atomic mass is 16.5. The van der Waals surface area contributed by atoms with E-state index in [4.69, 9.17) is 19.6 Å². The van der Waals surface area contributed by atoms with E-state index in [0.717, 1.165) is 5.56 Å². The van der Waals surface area contributed by atoms with Crippen molar-refractivity contribution in [2.24, 2.45) is 15.7 Å². The van der Waals surface area contributed by atoms with Crippen molar-refractivity contribution in [1.29, 1.82) is 0 Å². The number of fused-ring (bicyclic) bond motifs is 1. The predicted octanol–water partition coefficient (Wildman–Crippen LogP) is 1.41. The Balaban J connectivity index is 1.70. The fourth-order valence-electron chi connectivity index (χ4n) is 2.52. The van der Waals surface area contributed by atoms with Crippen LogP contribution in [0.15, 0.2) is 63.0 Å². The lowest BCUT2D eigenvalue weighted by molar-refractivity contribution is 0.355. The lowest BCUT2D eigenvalue weighted by Gasteiger charge is -2.23. The number of amidine groups is 1. The molecule has 0 aliphatic carbocycles. The van der Waals surface area contributed by atoms with Crippen molar-refractivity contribution in [2.45, 2.75) is 0 Å². The van der Waals surface area contributed by atoms with Gasteiger partial charge in [-0.2, -0.15) is 4.99 Å². The van der Waals surface area contributed by atoms with Crippen LogP contribution in [-0.2, 0) is 0 Å². The number of hydrogen-bond acceptors (Lipinski definition) is 9. The third-order valence-corrected chi connectivity index (χ3v) is 3.74. The normalized spacial score (nSPS) is 16.2. The molecule has 9 heteroatoms. The number of hydrogen-bond donors (Lipinski definition) is 2. The Bertz CT molecular complexity index is 887. The van der Waals surface area contributed by atoms with Gasteiger partial charge in [-0.25, -0.2) is 15.0 Å². The van der Waals surface area contributed by atoms with Gasteiger partial charge in [0.2, 0.25) is 11.8 Å². The number of nitrogens with two attached hydrogens (primary N) is 1. The van der Waals surface area contributed by atoms with Crippen molar-refractivity contribution in [2.75, 3.05) is 19.2 Å². The predicted molar refractivity (Wildman–Crippen MR) is 92.0 cm³/mol. The molecule has 0 unspecified atom stereocenters. The van der Waals surface area contributed by atoms with Gasteiger partial charge in [-0.3, -0.25) is 0 Å². The molecule has 3 N–H and O–H groups in total. The van der Waals surface area contributed by atoms with Crippen LogP contribution >= 0.6 is 0 Å². The van der Waals surface area contributed by atoms with Crippen LogP contribution in [0.3, 0.4) is 0 Å². The average Bonchev–Trinajstić information content (AvgIpc) is 3.30. The van der Waals surface area contributed by atoms with Gasteiger partial charge in [-0.05, 0) is 24.3 Å². The zero-order valence-corrected chi connectivity index (χ0v) is 13.6. The molecule has 2 aromatic rings. The van der Waals surface area contributed by atoms with E-state index in [1.807, 2.05) is 12.1 Å². The van der Waals surface area contributed by atoms with Gasteiger partial charge in [0.05, 0.1) is 26.7 Å². The summed E-state index contributed by atoms with van der Waals surface area (Å²) >= 11 is 0. The summed E-state index contributed by atoms with van der Waals surface area (Å²) in [6.07, 6.45) is 3.35. The molecule has 9 nitrogen and oxygen atoms in total. The molecule has 0 amide bonds. The first-order chi connectivity index (χ1) is 12.2. The van der Waals surface area contributed by atoms with Crippen LogP contribution in [-0.4, -0.2) is 31.0 Å². The van der Waals surface area contributed by atoms with Crippen LogP contribution in [0.5, 0.6) is 11.5 Å². The van der Waals surface area contributed by atoms with E-state index in [1.54, 1.807) is 54.9 Å². The van der Waals surface area contributed by atoms with Crippen LogP contribution in [0.1, 0.15) is 5.56 Å². The van der Waals surface area contributed by atoms with E-state index in [0.29, 0.717) is 29.0 Å². The minimum Gasteiger partial charge on any atom is -0.493 e. The Labute approximate surface area is 143 Å². The maximum atomic E-state index is 6.07. The van der Waals surface area contributed by atoms with Gasteiger partial charge >= 0.3 is 0 Å². The highest BCUT2D eigenvalue weighted by Gasteiger charge is 2.29. The molecule has 0 bridgehead atoms. The molecule has 0 spiro atoms. The first-order valence-corrected chi connectivity index (χ1v) is 7.46. The number of guanidine groups is 1. The number of rotatable bonds is 4. The summed E-state index contributed by atoms with van der Waals surface area (Å²) in [6.45, 7) is 0. The van der Waals surface area contributed by atoms with Crippen molar-refractivity contribution in [3.63, 3.8) is 0 Å². The molecular formula is C16H16N6O3. The third kappa shape index (κ3) is 2.56. The number of aliphatic imine (C=N–C) groups is 2. The molecule has 0 fully saturated rings. The van der Waals surface area contributed by atoms with E-state index < -0.39 is 0 Å². The summed E-state index contributed by atoms with van der Waals surface area (Å²) in [5, 5.41) is 3.23. The third-order valence-electron chi connectivity index (χ3n) is 3.74. The van der Waals surface area contributed by atoms with Gasteiger partial charge in [0.25, 0.3) is 0 Å². The number of ether oxygens (including phenoxy) is 2. The Morgan fingerprint density at radius 1 is 1.12 bits per heavy atom. The number of anilines is 1. The highest BCUT2D eigenvalue weighted by Crippen LogP contribution is 2.29. The van der Waals surface area contributed by atoms with Crippen LogP contribution < -0.4 is 25.8 Å². The van der Waals surface area contributed by atoms with Gasteiger partial charge in [0.1, 0.15) is 0 Å². The molecule has 4 rings (SSSR count). The molecule has 3 heterocycles. The van der Waals surface area contributed by atoms with E-state index in [9.17, 15) is 0 Å². The SMILES string of the molecule is COc1ccc(C2=NC3=CN(c4ccco4)NN3C(N)=N2)cc1OC. The molecule has 2 aliphatic heterocycles. The van der Waals surface area contributed by atoms with Crippen molar-refractivity contribution in [3.05, 3.63) is 54.2 Å². The van der Waals surface area contributed by atoms with Gasteiger partial charge in [-0.15, -0.1) is 5.53 Å². The van der Waals surface area contributed by atoms with E-state index in [2.05, 4.69) is 15.5 Å². The first-order valence-electron chi connectivity index (χ1n) is 7.46. The summed E-state index contributed by atoms with van der Waals surface area (Å²) in [5.74, 6) is 3.16. The fraction of sp³-hybridized carbons (Fsp3) is 0.125. The molecule has 128 valence electrons. The lowest BCUT2D eigenvalue weighted by atomic mass is 10.2. The van der Waals surface area contributed by atoms with Crippen molar-refractivity contribution in [3.8, 4) is 11.5 Å². The Morgan fingerprint density at radius 3 is 2.68 bits per heavy atom. The standard InChI is InChI=1S/C16H16N6O3/c1-23-11-6-5-10(8-12(11)24-2)15-18-13-9-21(14-4-3-7-25-14)20-22(13)16(17)19-15/h3-9,20H,1-2H3,(H2,17,18,19). The number of nitrogens with one attached hydrogen (secondary N) is 1. The van der Waals surface area contributed by atoms with Crippen LogP contribution in [0.2, 0.25) is 0 Å². The summed E-state index contributed by atoms with van der Waals surface area (Å²) < 4.78 is 15.9. The van der Waals surface area contributed by atoms with Crippen LogP contribution in [0.4, 0.5) is 5.88 Å². The molecule has 1 aromatic heterocycles. The molecule has 0 atom stereocenters. The van der Waals surface area contributed by atoms with Crippen LogP contribution in [0.25, 0.3) is 0 Å². The summed E-state index contributed by atoms with van der Waals surface area (Å²) in [7, 11) is 3.16. The average molecular weight is 340 g/mol. The summed E-state index contributed by atoms with van der Waals surface area (Å²) in [6, 6.07) is 9.06. The van der Waals surface area contributed by atoms with Gasteiger partial charge in [0, 0.05) is 11.6 Å². The summed E-state index contributed by atoms with van der Waals surface area (Å²) in [5.41, 5.74) is 9.86.